The maximum Gasteiger partial charge on any atom is 0.251 e. The fourth-order valence-electron chi connectivity index (χ4n) is 5.06. The molecule has 1 aliphatic carbocycles. The summed E-state index contributed by atoms with van der Waals surface area (Å²) in [6, 6.07) is 5.68. The predicted octanol–water partition coefficient (Wildman–Crippen LogP) is 6.54. The van der Waals surface area contributed by atoms with Crippen LogP contribution in [0.15, 0.2) is 18.2 Å². The molecule has 2 unspecified atom stereocenters. The lowest BCUT2D eigenvalue weighted by Crippen LogP contribution is -2.27. The van der Waals surface area contributed by atoms with Crippen molar-refractivity contribution in [2.45, 2.75) is 93.1 Å². The van der Waals surface area contributed by atoms with Crippen molar-refractivity contribution in [2.24, 2.45) is 0 Å². The molecule has 2 atom stereocenters. The lowest BCUT2D eigenvalue weighted by Gasteiger charge is -2.22. The van der Waals surface area contributed by atoms with Gasteiger partial charge in [-0.05, 0) is 44.4 Å². The van der Waals surface area contributed by atoms with Crippen LogP contribution in [0.1, 0.15) is 92.9 Å². The number of ether oxygens (including phenoxy) is 2. The third-order valence-corrected chi connectivity index (χ3v) is 9.86. The van der Waals surface area contributed by atoms with Gasteiger partial charge in [0.25, 0.3) is 5.91 Å². The van der Waals surface area contributed by atoms with Crippen LogP contribution >= 0.6 is 23.5 Å². The van der Waals surface area contributed by atoms with Crippen LogP contribution in [-0.2, 0) is 21.0 Å². The molecule has 8 heteroatoms. The summed E-state index contributed by atoms with van der Waals surface area (Å²) >= 11 is 4.17. The Kier molecular flexibility index (Phi) is 12.3. The summed E-state index contributed by atoms with van der Waals surface area (Å²) in [5.74, 6) is 1.74. The number of aromatic nitrogens is 2. The Hall–Kier alpha value is -1.35. The van der Waals surface area contributed by atoms with Crippen LogP contribution in [0.3, 0.4) is 0 Å². The highest BCUT2D eigenvalue weighted by atomic mass is 32.2. The van der Waals surface area contributed by atoms with Crippen LogP contribution in [-0.4, -0.2) is 59.3 Å². The molecule has 204 valence electrons. The molecule has 0 spiro atoms. The van der Waals surface area contributed by atoms with E-state index in [4.69, 9.17) is 19.4 Å². The lowest BCUT2D eigenvalue weighted by atomic mass is 10.0. The van der Waals surface area contributed by atoms with Crippen molar-refractivity contribution in [3.63, 3.8) is 0 Å². The molecule has 2 heterocycles. The molecule has 37 heavy (non-hydrogen) atoms. The van der Waals surface area contributed by atoms with Crippen molar-refractivity contribution >= 4 is 40.5 Å². The van der Waals surface area contributed by atoms with Crippen LogP contribution in [0.25, 0.3) is 11.0 Å². The third kappa shape index (κ3) is 9.41. The largest absolute Gasteiger partial charge is 0.379 e. The second-order valence-electron chi connectivity index (χ2n) is 10.0. The zero-order chi connectivity index (χ0) is 25.7. The van der Waals surface area contributed by atoms with Crippen LogP contribution in [0.5, 0.6) is 0 Å². The van der Waals surface area contributed by atoms with Gasteiger partial charge < -0.3 is 14.8 Å². The Balaban J connectivity index is 1.41. The van der Waals surface area contributed by atoms with E-state index < -0.39 is 0 Å². The summed E-state index contributed by atoms with van der Waals surface area (Å²) in [7, 11) is 0. The van der Waals surface area contributed by atoms with Crippen molar-refractivity contribution < 1.29 is 14.3 Å². The molecular weight excluding hydrogens is 502 g/mol. The van der Waals surface area contributed by atoms with E-state index in [0.29, 0.717) is 43.8 Å². The Morgan fingerprint density at radius 3 is 2.16 bits per heavy atom. The van der Waals surface area contributed by atoms with E-state index in [9.17, 15) is 4.79 Å². The van der Waals surface area contributed by atoms with E-state index in [1.165, 1.54) is 64.2 Å². The SMILES string of the molecule is CCOCCOCCNC(=O)c1ccc2nc3c(nc2c1)CSC1CCCCCCCCCC(C1)SC3. The molecule has 1 amide bonds. The van der Waals surface area contributed by atoms with Gasteiger partial charge in [-0.15, -0.1) is 0 Å². The minimum absolute atomic E-state index is 0.106. The summed E-state index contributed by atoms with van der Waals surface area (Å²) < 4.78 is 10.7. The van der Waals surface area contributed by atoms with Gasteiger partial charge in [-0.3, -0.25) is 4.79 Å². The molecular formula is C29H43N3O3S2. The highest BCUT2D eigenvalue weighted by molar-refractivity contribution is 8.00. The minimum atomic E-state index is -0.106. The molecule has 1 aromatic heterocycles. The van der Waals surface area contributed by atoms with Gasteiger partial charge in [-0.1, -0.05) is 44.9 Å². The first kappa shape index (κ1) is 28.7. The van der Waals surface area contributed by atoms with Crippen LogP contribution in [0, 0.1) is 0 Å². The maximum atomic E-state index is 12.7. The van der Waals surface area contributed by atoms with E-state index in [1.807, 2.05) is 25.1 Å². The number of carbonyl (C=O) groups is 1. The Labute approximate surface area is 230 Å². The van der Waals surface area contributed by atoms with E-state index in [-0.39, 0.29) is 5.91 Å². The smallest absolute Gasteiger partial charge is 0.251 e. The summed E-state index contributed by atoms with van der Waals surface area (Å²) in [5, 5.41) is 4.36. The van der Waals surface area contributed by atoms with Gasteiger partial charge in [0.05, 0.1) is 42.2 Å². The van der Waals surface area contributed by atoms with Crippen molar-refractivity contribution in [1.82, 2.24) is 15.3 Å². The molecule has 1 N–H and O–H groups in total. The first-order valence-electron chi connectivity index (χ1n) is 14.2. The molecule has 0 radical (unpaired) electrons. The van der Waals surface area contributed by atoms with E-state index in [0.717, 1.165) is 39.2 Å². The number of fused-ring (bicyclic) bond motifs is 4. The Bertz CT molecular complexity index is 990. The molecule has 2 bridgehead atoms. The topological polar surface area (TPSA) is 73.3 Å². The summed E-state index contributed by atoms with van der Waals surface area (Å²) in [5.41, 5.74) is 4.52. The van der Waals surface area contributed by atoms with Gasteiger partial charge in [-0.25, -0.2) is 9.97 Å². The molecule has 1 aliphatic heterocycles. The van der Waals surface area contributed by atoms with Crippen LogP contribution in [0.2, 0.25) is 0 Å². The second kappa shape index (κ2) is 15.9. The number of amides is 1. The van der Waals surface area contributed by atoms with E-state index in [2.05, 4.69) is 28.8 Å². The zero-order valence-corrected chi connectivity index (χ0v) is 24.0. The number of thioether (sulfide) groups is 2. The average Bonchev–Trinajstić information content (AvgIpc) is 2.98. The van der Waals surface area contributed by atoms with Crippen molar-refractivity contribution in [1.29, 1.82) is 0 Å². The predicted molar refractivity (Wildman–Crippen MR) is 156 cm³/mol. The normalized spacial score (nSPS) is 21.5. The number of nitrogens with zero attached hydrogens (tertiary/aromatic N) is 2. The average molecular weight is 546 g/mol. The van der Waals surface area contributed by atoms with Gasteiger partial charge in [0.15, 0.2) is 0 Å². The fourth-order valence-corrected chi connectivity index (χ4v) is 7.83. The van der Waals surface area contributed by atoms with Gasteiger partial charge in [0.1, 0.15) is 0 Å². The Morgan fingerprint density at radius 2 is 1.49 bits per heavy atom. The summed E-state index contributed by atoms with van der Waals surface area (Å²) in [6.07, 6.45) is 13.6. The van der Waals surface area contributed by atoms with Crippen LogP contribution < -0.4 is 5.32 Å². The van der Waals surface area contributed by atoms with Crippen molar-refractivity contribution in [2.75, 3.05) is 33.0 Å². The van der Waals surface area contributed by atoms with Crippen LogP contribution in [0.4, 0.5) is 0 Å². The first-order valence-corrected chi connectivity index (χ1v) is 16.3. The first-order chi connectivity index (χ1) is 18.2. The zero-order valence-electron chi connectivity index (χ0n) is 22.3. The quantitative estimate of drug-likeness (QED) is 0.377. The maximum absolute atomic E-state index is 12.7. The van der Waals surface area contributed by atoms with Crippen molar-refractivity contribution in [3.8, 4) is 0 Å². The number of nitrogens with one attached hydrogen (secondary N) is 1. The molecule has 2 aliphatic rings. The monoisotopic (exact) mass is 545 g/mol. The number of hydrogen-bond donors (Lipinski definition) is 1. The van der Waals surface area contributed by atoms with Gasteiger partial charge in [-0.2, -0.15) is 23.5 Å². The van der Waals surface area contributed by atoms with Gasteiger partial charge in [0, 0.05) is 40.7 Å². The standard InChI is InChI=1S/C29H43N3O3S2/c1-2-34-16-17-35-15-14-30-29(33)22-12-13-25-26(18-22)32-28-21-37-24-11-9-7-5-3-4-6-8-10-23(19-24)36-20-27(28)31-25/h12-13,18,23-24H,2-11,14-17,19-21H2,1H3,(H,30,33). The number of benzene rings is 1. The molecule has 6 nitrogen and oxygen atoms in total. The molecule has 1 aromatic carbocycles. The molecule has 2 aromatic rings. The number of rotatable bonds is 8. The lowest BCUT2D eigenvalue weighted by molar-refractivity contribution is 0.0531. The van der Waals surface area contributed by atoms with E-state index in [1.54, 1.807) is 0 Å². The van der Waals surface area contributed by atoms with E-state index >= 15 is 0 Å². The van der Waals surface area contributed by atoms with Crippen molar-refractivity contribution in [3.05, 3.63) is 35.2 Å². The summed E-state index contributed by atoms with van der Waals surface area (Å²) in [6.45, 7) is 4.71. The minimum Gasteiger partial charge on any atom is -0.379 e. The molecule has 1 saturated carbocycles. The molecule has 4 rings (SSSR count). The summed E-state index contributed by atoms with van der Waals surface area (Å²) in [4.78, 5) is 22.8. The number of hydrogen-bond acceptors (Lipinski definition) is 7. The number of carbonyl (C=O) groups excluding carboxylic acids is 1. The fraction of sp³-hybridized carbons (Fsp3) is 0.690. The molecule has 0 saturated heterocycles. The highest BCUT2D eigenvalue weighted by Gasteiger charge is 2.23. The van der Waals surface area contributed by atoms with Gasteiger partial charge in [0.2, 0.25) is 0 Å². The molecule has 1 fully saturated rings. The highest BCUT2D eigenvalue weighted by Crippen LogP contribution is 2.37. The third-order valence-electron chi connectivity index (χ3n) is 7.18. The second-order valence-corrected chi connectivity index (χ2v) is 12.6. The Morgan fingerprint density at radius 1 is 0.865 bits per heavy atom. The van der Waals surface area contributed by atoms with Gasteiger partial charge >= 0.3 is 0 Å².